The standard InChI is InChI=1S/C26H34N6O5S.ClH/c1-36-23-10-9-19(13-24(23)37-2)38(34,35)31-22(12-18-15-29-21-8-4-3-7-20(18)21)25(33)30-14-17-6-5-11-32(16-17)26(27)28;/h3-4,7-10,13,15,17,22,29,31H,5-6,11-12,14,16H2,1-2H3,(H3,27,28)(H,30,33);1H. The predicted octanol–water partition coefficient (Wildman–Crippen LogP) is 2.22. The van der Waals surface area contributed by atoms with Crippen LogP contribution in [0.3, 0.4) is 0 Å². The second-order valence-electron chi connectivity index (χ2n) is 9.34. The summed E-state index contributed by atoms with van der Waals surface area (Å²) in [5.41, 5.74) is 7.36. The van der Waals surface area contributed by atoms with Crippen LogP contribution in [0, 0.1) is 11.3 Å². The van der Waals surface area contributed by atoms with Crippen molar-refractivity contribution in [3.05, 3.63) is 54.2 Å². The highest BCUT2D eigenvalue weighted by molar-refractivity contribution is 7.89. The molecule has 1 saturated heterocycles. The zero-order valence-corrected chi connectivity index (χ0v) is 23.5. The number of piperidine rings is 1. The summed E-state index contributed by atoms with van der Waals surface area (Å²) in [5, 5.41) is 11.5. The van der Waals surface area contributed by atoms with Crippen LogP contribution in [0.5, 0.6) is 11.5 Å². The lowest BCUT2D eigenvalue weighted by molar-refractivity contribution is -0.122. The molecule has 212 valence electrons. The number of H-pyrrole nitrogens is 1. The Balaban J connectivity index is 0.00000420. The molecular formula is C26H35ClN6O5S. The zero-order valence-electron chi connectivity index (χ0n) is 21.9. The second-order valence-corrected chi connectivity index (χ2v) is 11.1. The van der Waals surface area contributed by atoms with Gasteiger partial charge in [0.25, 0.3) is 0 Å². The van der Waals surface area contributed by atoms with Gasteiger partial charge in [0.15, 0.2) is 17.5 Å². The van der Waals surface area contributed by atoms with Crippen LogP contribution in [-0.2, 0) is 21.2 Å². The maximum Gasteiger partial charge on any atom is 0.241 e. The number of guanidine groups is 1. The Labute approximate surface area is 234 Å². The first-order valence-corrected chi connectivity index (χ1v) is 13.9. The van der Waals surface area contributed by atoms with Crippen molar-refractivity contribution in [3.8, 4) is 11.5 Å². The van der Waals surface area contributed by atoms with Gasteiger partial charge in [-0.1, -0.05) is 18.2 Å². The first-order valence-electron chi connectivity index (χ1n) is 12.4. The number of likely N-dealkylation sites (tertiary alicyclic amines) is 1. The van der Waals surface area contributed by atoms with E-state index in [1.54, 1.807) is 11.1 Å². The molecule has 0 bridgehead atoms. The van der Waals surface area contributed by atoms with Crippen LogP contribution < -0.4 is 25.2 Å². The Morgan fingerprint density at radius 1 is 1.21 bits per heavy atom. The van der Waals surface area contributed by atoms with Crippen molar-refractivity contribution in [1.82, 2.24) is 19.9 Å². The molecule has 0 aliphatic carbocycles. The molecule has 2 unspecified atom stereocenters. The number of para-hydroxylation sites is 1. The fourth-order valence-corrected chi connectivity index (χ4v) is 5.98. The number of ether oxygens (including phenoxy) is 2. The predicted molar refractivity (Wildman–Crippen MR) is 152 cm³/mol. The second kappa shape index (κ2) is 13.0. The van der Waals surface area contributed by atoms with Crippen LogP contribution in [-0.4, -0.2) is 70.1 Å². The van der Waals surface area contributed by atoms with Crippen molar-refractivity contribution in [2.45, 2.75) is 30.2 Å². The maximum absolute atomic E-state index is 13.4. The fraction of sp³-hybridized carbons (Fsp3) is 0.385. The van der Waals surface area contributed by atoms with Crippen molar-refractivity contribution in [2.24, 2.45) is 11.7 Å². The van der Waals surface area contributed by atoms with Crippen LogP contribution >= 0.6 is 12.4 Å². The van der Waals surface area contributed by atoms with Gasteiger partial charge in [-0.25, -0.2) is 8.42 Å². The quantitative estimate of drug-likeness (QED) is 0.182. The smallest absolute Gasteiger partial charge is 0.241 e. The highest BCUT2D eigenvalue weighted by Crippen LogP contribution is 2.29. The first-order chi connectivity index (χ1) is 18.2. The number of nitrogens with one attached hydrogen (secondary N) is 4. The number of hydrogen-bond acceptors (Lipinski definition) is 6. The van der Waals surface area contributed by atoms with E-state index in [0.717, 1.165) is 29.3 Å². The molecular weight excluding hydrogens is 544 g/mol. The number of nitrogens with two attached hydrogens (primary N) is 1. The van der Waals surface area contributed by atoms with Crippen LogP contribution in [0.15, 0.2) is 53.6 Å². The van der Waals surface area contributed by atoms with Gasteiger partial charge in [0.05, 0.1) is 19.1 Å². The molecule has 1 amide bonds. The number of sulfonamides is 1. The van der Waals surface area contributed by atoms with Gasteiger partial charge < -0.3 is 30.4 Å². The number of methoxy groups -OCH3 is 2. The highest BCUT2D eigenvalue weighted by Gasteiger charge is 2.29. The molecule has 1 aromatic heterocycles. The summed E-state index contributed by atoms with van der Waals surface area (Å²) in [5.74, 6) is 0.347. The third-order valence-corrected chi connectivity index (χ3v) is 8.27. The number of carbonyl (C=O) groups excluding carboxylic acids is 1. The van der Waals surface area contributed by atoms with Crippen LogP contribution in [0.4, 0.5) is 0 Å². The van der Waals surface area contributed by atoms with Gasteiger partial charge in [0, 0.05) is 42.8 Å². The number of amides is 1. The van der Waals surface area contributed by atoms with Gasteiger partial charge in [-0.15, -0.1) is 12.4 Å². The van der Waals surface area contributed by atoms with E-state index < -0.39 is 22.0 Å². The number of halogens is 1. The normalized spacial score (nSPS) is 16.3. The van der Waals surface area contributed by atoms with Gasteiger partial charge >= 0.3 is 0 Å². The molecule has 11 nitrogen and oxygen atoms in total. The minimum absolute atomic E-state index is 0. The summed E-state index contributed by atoms with van der Waals surface area (Å²) in [7, 11) is -1.20. The van der Waals surface area contributed by atoms with Crippen molar-refractivity contribution < 1.29 is 22.7 Å². The highest BCUT2D eigenvalue weighted by atomic mass is 35.5. The van der Waals surface area contributed by atoms with Gasteiger partial charge in [0.2, 0.25) is 15.9 Å². The number of nitrogens with zero attached hydrogens (tertiary/aromatic N) is 1. The van der Waals surface area contributed by atoms with Crippen molar-refractivity contribution in [3.63, 3.8) is 0 Å². The third-order valence-electron chi connectivity index (χ3n) is 6.80. The molecule has 6 N–H and O–H groups in total. The van der Waals surface area contributed by atoms with Crippen molar-refractivity contribution in [2.75, 3.05) is 33.9 Å². The number of carbonyl (C=O) groups is 1. The van der Waals surface area contributed by atoms with Crippen molar-refractivity contribution in [1.29, 1.82) is 5.41 Å². The Hall–Kier alpha value is -3.48. The van der Waals surface area contributed by atoms with E-state index in [-0.39, 0.29) is 41.4 Å². The summed E-state index contributed by atoms with van der Waals surface area (Å²) < 4.78 is 39.9. The van der Waals surface area contributed by atoms with Gasteiger partial charge in [-0.3, -0.25) is 10.2 Å². The first kappa shape index (κ1) is 30.1. The molecule has 1 aliphatic heterocycles. The molecule has 1 fully saturated rings. The SMILES string of the molecule is COc1ccc(S(=O)(=O)NC(Cc2c[nH]c3ccccc23)C(=O)NCC2CCCN(C(=N)N)C2)cc1OC.Cl. The van der Waals surface area contributed by atoms with E-state index in [0.29, 0.717) is 25.4 Å². The van der Waals surface area contributed by atoms with Crippen LogP contribution in [0.1, 0.15) is 18.4 Å². The molecule has 2 aromatic carbocycles. The molecule has 4 rings (SSSR count). The Morgan fingerprint density at radius 3 is 2.67 bits per heavy atom. The molecule has 2 atom stereocenters. The summed E-state index contributed by atoms with van der Waals surface area (Å²) >= 11 is 0. The van der Waals surface area contributed by atoms with Gasteiger partial charge in [0.1, 0.15) is 6.04 Å². The summed E-state index contributed by atoms with van der Waals surface area (Å²) in [6, 6.07) is 10.9. The zero-order chi connectivity index (χ0) is 27.3. The number of fused-ring (bicyclic) bond motifs is 1. The van der Waals surface area contributed by atoms with E-state index >= 15 is 0 Å². The molecule has 3 aromatic rings. The Bertz CT molecular complexity index is 1410. The largest absolute Gasteiger partial charge is 0.493 e. The average molecular weight is 579 g/mol. The average Bonchev–Trinajstić information content (AvgIpc) is 3.33. The molecule has 0 radical (unpaired) electrons. The molecule has 0 saturated carbocycles. The summed E-state index contributed by atoms with van der Waals surface area (Å²) in [4.78, 5) is 18.3. The Morgan fingerprint density at radius 2 is 1.95 bits per heavy atom. The lowest BCUT2D eigenvalue weighted by Gasteiger charge is -2.33. The van der Waals surface area contributed by atoms with E-state index in [1.807, 2.05) is 24.3 Å². The van der Waals surface area contributed by atoms with Crippen LogP contribution in [0.25, 0.3) is 10.9 Å². The summed E-state index contributed by atoms with van der Waals surface area (Å²) in [6.45, 7) is 1.64. The number of benzene rings is 2. The number of hydrogen-bond donors (Lipinski definition) is 5. The van der Waals surface area contributed by atoms with Crippen LogP contribution in [0.2, 0.25) is 0 Å². The molecule has 39 heavy (non-hydrogen) atoms. The van der Waals surface area contributed by atoms with Gasteiger partial charge in [-0.2, -0.15) is 4.72 Å². The molecule has 0 spiro atoms. The van der Waals surface area contributed by atoms with E-state index in [2.05, 4.69) is 15.0 Å². The number of aromatic amines is 1. The topological polar surface area (TPSA) is 163 Å². The fourth-order valence-electron chi connectivity index (χ4n) is 4.77. The summed E-state index contributed by atoms with van der Waals surface area (Å²) in [6.07, 6.45) is 3.69. The lowest BCUT2D eigenvalue weighted by Crippen LogP contribution is -2.51. The lowest BCUT2D eigenvalue weighted by atomic mass is 9.98. The van der Waals surface area contributed by atoms with E-state index in [1.165, 1.54) is 32.4 Å². The molecule has 1 aliphatic rings. The van der Waals surface area contributed by atoms with E-state index in [4.69, 9.17) is 20.6 Å². The monoisotopic (exact) mass is 578 g/mol. The maximum atomic E-state index is 13.4. The molecule has 2 heterocycles. The Kier molecular flexibility index (Phi) is 10.1. The number of aromatic nitrogens is 1. The number of rotatable bonds is 10. The van der Waals surface area contributed by atoms with Crippen molar-refractivity contribution >= 4 is 45.2 Å². The minimum atomic E-state index is -4.09. The third kappa shape index (κ3) is 7.14. The molecule has 13 heteroatoms. The minimum Gasteiger partial charge on any atom is -0.493 e. The van der Waals surface area contributed by atoms with E-state index in [9.17, 15) is 13.2 Å². The van der Waals surface area contributed by atoms with Gasteiger partial charge in [-0.05, 0) is 48.9 Å².